The first-order valence-corrected chi connectivity index (χ1v) is 7.47. The molecule has 0 aromatic heterocycles. The Labute approximate surface area is 111 Å². The third kappa shape index (κ3) is 3.05. The van der Waals surface area contributed by atoms with E-state index in [0.29, 0.717) is 12.0 Å². The van der Waals surface area contributed by atoms with Gasteiger partial charge < -0.3 is 4.74 Å². The van der Waals surface area contributed by atoms with Gasteiger partial charge in [0, 0.05) is 6.04 Å². The van der Waals surface area contributed by atoms with E-state index in [2.05, 4.69) is 18.9 Å². The summed E-state index contributed by atoms with van der Waals surface area (Å²) in [5.74, 6) is 1.43. The molecule has 0 aromatic rings. The van der Waals surface area contributed by atoms with Crippen molar-refractivity contribution < 1.29 is 9.53 Å². The number of rotatable bonds is 5. The summed E-state index contributed by atoms with van der Waals surface area (Å²) in [4.78, 5) is 14.2. The number of hydrogen-bond acceptors (Lipinski definition) is 3. The Kier molecular flexibility index (Phi) is 4.66. The molecule has 0 radical (unpaired) electrons. The number of carbonyl (C=O) groups excluding carboxylic acids is 1. The normalized spacial score (nSPS) is 30.2. The highest BCUT2D eigenvalue weighted by Crippen LogP contribution is 2.38. The number of nitrogens with zero attached hydrogens (tertiary/aromatic N) is 1. The van der Waals surface area contributed by atoms with Gasteiger partial charge in [-0.3, -0.25) is 9.69 Å². The minimum absolute atomic E-state index is 0.0122. The van der Waals surface area contributed by atoms with Crippen molar-refractivity contribution in [1.29, 1.82) is 0 Å². The second-order valence-electron chi connectivity index (χ2n) is 6.05. The molecular weight excluding hydrogens is 226 g/mol. The maximum atomic E-state index is 11.9. The molecule has 0 heterocycles. The van der Waals surface area contributed by atoms with E-state index in [4.69, 9.17) is 4.74 Å². The third-order valence-electron chi connectivity index (χ3n) is 4.92. The summed E-state index contributed by atoms with van der Waals surface area (Å²) in [6, 6.07) is 0.593. The molecule has 0 N–H and O–H groups in total. The molecule has 0 bridgehead atoms. The Bertz CT molecular complexity index is 280. The molecule has 0 aromatic carbocycles. The molecule has 1 atom stereocenters. The van der Waals surface area contributed by atoms with Crippen molar-refractivity contribution in [2.24, 2.45) is 11.8 Å². The summed E-state index contributed by atoms with van der Waals surface area (Å²) in [7, 11) is 3.64. The molecular formula is C15H27NO2. The van der Waals surface area contributed by atoms with Crippen LogP contribution in [0.5, 0.6) is 0 Å². The SMILES string of the molecule is CCC1CCC(N(C)C(C(=O)OC)C2CC2)CC1. The van der Waals surface area contributed by atoms with Crippen LogP contribution in [0.1, 0.15) is 51.9 Å². The van der Waals surface area contributed by atoms with Crippen molar-refractivity contribution in [3.05, 3.63) is 0 Å². The van der Waals surface area contributed by atoms with Crippen LogP contribution in [0.2, 0.25) is 0 Å². The van der Waals surface area contributed by atoms with E-state index in [1.165, 1.54) is 52.1 Å². The van der Waals surface area contributed by atoms with E-state index in [-0.39, 0.29) is 12.0 Å². The lowest BCUT2D eigenvalue weighted by Gasteiger charge is -2.38. The average Bonchev–Trinajstić information content (AvgIpc) is 3.23. The van der Waals surface area contributed by atoms with Crippen molar-refractivity contribution in [2.45, 2.75) is 64.0 Å². The summed E-state index contributed by atoms with van der Waals surface area (Å²) < 4.78 is 4.99. The average molecular weight is 253 g/mol. The molecule has 3 heteroatoms. The van der Waals surface area contributed by atoms with Crippen LogP contribution in [0.25, 0.3) is 0 Å². The van der Waals surface area contributed by atoms with Crippen LogP contribution in [0.4, 0.5) is 0 Å². The van der Waals surface area contributed by atoms with Crippen LogP contribution in [-0.2, 0) is 9.53 Å². The second-order valence-corrected chi connectivity index (χ2v) is 6.05. The fourth-order valence-electron chi connectivity index (χ4n) is 3.41. The smallest absolute Gasteiger partial charge is 0.323 e. The van der Waals surface area contributed by atoms with E-state index >= 15 is 0 Å². The first-order valence-electron chi connectivity index (χ1n) is 7.47. The van der Waals surface area contributed by atoms with Crippen LogP contribution in [0, 0.1) is 11.8 Å². The van der Waals surface area contributed by atoms with Crippen molar-refractivity contribution >= 4 is 5.97 Å². The fraction of sp³-hybridized carbons (Fsp3) is 0.933. The molecule has 2 aliphatic rings. The van der Waals surface area contributed by atoms with Crippen LogP contribution in [0.3, 0.4) is 0 Å². The van der Waals surface area contributed by atoms with Gasteiger partial charge in [0.25, 0.3) is 0 Å². The molecule has 0 saturated heterocycles. The van der Waals surface area contributed by atoms with Gasteiger partial charge in [-0.2, -0.15) is 0 Å². The lowest BCUT2D eigenvalue weighted by molar-refractivity contribution is -0.148. The number of hydrogen-bond donors (Lipinski definition) is 0. The van der Waals surface area contributed by atoms with Gasteiger partial charge in [0.2, 0.25) is 0 Å². The van der Waals surface area contributed by atoms with Crippen LogP contribution in [-0.4, -0.2) is 37.1 Å². The van der Waals surface area contributed by atoms with Crippen molar-refractivity contribution in [3.8, 4) is 0 Å². The van der Waals surface area contributed by atoms with Crippen molar-refractivity contribution in [1.82, 2.24) is 4.90 Å². The summed E-state index contributed by atoms with van der Waals surface area (Å²) in [6.07, 6.45) is 8.82. The molecule has 3 nitrogen and oxygen atoms in total. The van der Waals surface area contributed by atoms with E-state index in [1.807, 2.05) is 0 Å². The van der Waals surface area contributed by atoms with Gasteiger partial charge in [-0.15, -0.1) is 0 Å². The van der Waals surface area contributed by atoms with Gasteiger partial charge in [-0.05, 0) is 57.4 Å². The predicted octanol–water partition coefficient (Wildman–Crippen LogP) is 2.84. The minimum atomic E-state index is -0.0300. The van der Waals surface area contributed by atoms with Crippen molar-refractivity contribution in [3.63, 3.8) is 0 Å². The zero-order chi connectivity index (χ0) is 13.1. The fourth-order valence-corrected chi connectivity index (χ4v) is 3.41. The first-order chi connectivity index (χ1) is 8.67. The number of ether oxygens (including phenoxy) is 1. The lowest BCUT2D eigenvalue weighted by Crippen LogP contribution is -2.47. The van der Waals surface area contributed by atoms with Gasteiger partial charge in [0.1, 0.15) is 6.04 Å². The molecule has 2 fully saturated rings. The lowest BCUT2D eigenvalue weighted by atomic mass is 9.83. The summed E-state index contributed by atoms with van der Waals surface area (Å²) in [6.45, 7) is 2.29. The number of esters is 1. The minimum Gasteiger partial charge on any atom is -0.468 e. The quantitative estimate of drug-likeness (QED) is 0.706. The summed E-state index contributed by atoms with van der Waals surface area (Å²) in [5.41, 5.74) is 0. The maximum absolute atomic E-state index is 11.9. The van der Waals surface area contributed by atoms with Crippen LogP contribution < -0.4 is 0 Å². The van der Waals surface area contributed by atoms with Gasteiger partial charge >= 0.3 is 5.97 Å². The highest BCUT2D eigenvalue weighted by atomic mass is 16.5. The molecule has 18 heavy (non-hydrogen) atoms. The zero-order valence-corrected chi connectivity index (χ0v) is 12.0. The standard InChI is InChI=1S/C15H27NO2/c1-4-11-5-9-13(10-6-11)16(2)14(12-7-8-12)15(17)18-3/h11-14H,4-10H2,1-3H3. The predicted molar refractivity (Wildman–Crippen MR) is 72.3 cm³/mol. The summed E-state index contributed by atoms with van der Waals surface area (Å²) >= 11 is 0. The number of methoxy groups -OCH3 is 1. The number of likely N-dealkylation sites (N-methyl/N-ethyl adjacent to an activating group) is 1. The molecule has 0 spiro atoms. The van der Waals surface area contributed by atoms with Crippen LogP contribution >= 0.6 is 0 Å². The maximum Gasteiger partial charge on any atom is 0.323 e. The first kappa shape index (κ1) is 13.9. The van der Waals surface area contributed by atoms with E-state index < -0.39 is 0 Å². The van der Waals surface area contributed by atoms with E-state index in [9.17, 15) is 4.79 Å². The molecule has 1 unspecified atom stereocenters. The van der Waals surface area contributed by atoms with E-state index in [0.717, 1.165) is 5.92 Å². The summed E-state index contributed by atoms with van der Waals surface area (Å²) in [5, 5.41) is 0. The van der Waals surface area contributed by atoms with Gasteiger partial charge in [0.05, 0.1) is 7.11 Å². The molecule has 104 valence electrons. The second kappa shape index (κ2) is 6.05. The topological polar surface area (TPSA) is 29.5 Å². The van der Waals surface area contributed by atoms with Crippen LogP contribution in [0.15, 0.2) is 0 Å². The third-order valence-corrected chi connectivity index (χ3v) is 4.92. The molecule has 2 rings (SSSR count). The zero-order valence-electron chi connectivity index (χ0n) is 12.0. The Hall–Kier alpha value is -0.570. The number of carbonyl (C=O) groups is 1. The highest BCUT2D eigenvalue weighted by Gasteiger charge is 2.42. The van der Waals surface area contributed by atoms with Crippen molar-refractivity contribution in [2.75, 3.05) is 14.2 Å². The Balaban J connectivity index is 1.92. The molecule has 2 aliphatic carbocycles. The van der Waals surface area contributed by atoms with E-state index in [1.54, 1.807) is 0 Å². The molecule has 0 aliphatic heterocycles. The largest absolute Gasteiger partial charge is 0.468 e. The Morgan fingerprint density at radius 3 is 2.28 bits per heavy atom. The Morgan fingerprint density at radius 1 is 1.22 bits per heavy atom. The highest BCUT2D eigenvalue weighted by molar-refractivity contribution is 5.76. The van der Waals surface area contributed by atoms with Gasteiger partial charge in [0.15, 0.2) is 0 Å². The Morgan fingerprint density at radius 2 is 1.83 bits per heavy atom. The van der Waals surface area contributed by atoms with Gasteiger partial charge in [-0.25, -0.2) is 0 Å². The van der Waals surface area contributed by atoms with Gasteiger partial charge in [-0.1, -0.05) is 13.3 Å². The monoisotopic (exact) mass is 253 g/mol. The molecule has 2 saturated carbocycles. The molecule has 0 amide bonds.